The first kappa shape index (κ1) is 11.5. The standard InChI is InChI=1S/C10H12N2O2S2/c1-3-4-16(13,14)10-12-9-8(15-10)5-7(2)6-11-9/h5-6H,3-4H2,1-2H3. The highest BCUT2D eigenvalue weighted by Crippen LogP contribution is 2.25. The van der Waals surface area contributed by atoms with Crippen molar-refractivity contribution in [1.29, 1.82) is 0 Å². The third-order valence-corrected chi connectivity index (χ3v) is 5.47. The maximum Gasteiger partial charge on any atom is 0.211 e. The summed E-state index contributed by atoms with van der Waals surface area (Å²) < 4.78 is 24.6. The number of aromatic nitrogens is 2. The predicted octanol–water partition coefficient (Wildman–Crippen LogP) is 2.18. The summed E-state index contributed by atoms with van der Waals surface area (Å²) in [6.07, 6.45) is 2.29. The van der Waals surface area contributed by atoms with Gasteiger partial charge >= 0.3 is 0 Å². The summed E-state index contributed by atoms with van der Waals surface area (Å²) in [5, 5.41) is 0. The molecule has 2 aromatic heterocycles. The van der Waals surface area contributed by atoms with Gasteiger partial charge in [-0.25, -0.2) is 18.4 Å². The summed E-state index contributed by atoms with van der Waals surface area (Å²) >= 11 is 1.20. The maximum atomic E-state index is 11.8. The summed E-state index contributed by atoms with van der Waals surface area (Å²) in [4.78, 5) is 8.17. The van der Waals surface area contributed by atoms with Crippen LogP contribution in [-0.4, -0.2) is 24.1 Å². The van der Waals surface area contributed by atoms with Gasteiger partial charge in [-0.2, -0.15) is 0 Å². The molecule has 2 aromatic rings. The molecular formula is C10H12N2O2S2. The number of thiazole rings is 1. The summed E-state index contributed by atoms with van der Waals surface area (Å²) in [7, 11) is -3.22. The molecule has 86 valence electrons. The Morgan fingerprint density at radius 3 is 2.88 bits per heavy atom. The van der Waals surface area contributed by atoms with Crippen LogP contribution in [0.3, 0.4) is 0 Å². The van der Waals surface area contributed by atoms with Crippen LogP contribution in [0.4, 0.5) is 0 Å². The third kappa shape index (κ3) is 2.08. The minimum atomic E-state index is -3.22. The second-order valence-corrected chi connectivity index (χ2v) is 6.95. The average molecular weight is 256 g/mol. The molecule has 0 aliphatic rings. The molecule has 0 aromatic carbocycles. The number of rotatable bonds is 3. The maximum absolute atomic E-state index is 11.8. The van der Waals surface area contributed by atoms with Gasteiger partial charge in [0, 0.05) is 6.20 Å². The molecule has 0 unspecified atom stereocenters. The van der Waals surface area contributed by atoms with Gasteiger partial charge in [-0.05, 0) is 25.0 Å². The molecule has 0 spiro atoms. The lowest BCUT2D eigenvalue weighted by molar-refractivity contribution is 0.594. The molecule has 2 rings (SSSR count). The Hall–Kier alpha value is -1.01. The Kier molecular flexibility index (Phi) is 2.94. The Morgan fingerprint density at radius 2 is 2.19 bits per heavy atom. The number of aryl methyl sites for hydroxylation is 1. The topological polar surface area (TPSA) is 59.9 Å². The molecule has 0 fully saturated rings. The quantitative estimate of drug-likeness (QED) is 0.844. The van der Waals surface area contributed by atoms with Gasteiger partial charge in [-0.15, -0.1) is 11.3 Å². The van der Waals surface area contributed by atoms with E-state index < -0.39 is 9.84 Å². The number of sulfone groups is 1. The number of hydrogen-bond acceptors (Lipinski definition) is 5. The smallest absolute Gasteiger partial charge is 0.211 e. The van der Waals surface area contributed by atoms with Crippen LogP contribution in [0.15, 0.2) is 16.6 Å². The second kappa shape index (κ2) is 4.10. The van der Waals surface area contributed by atoms with Crippen LogP contribution in [-0.2, 0) is 9.84 Å². The van der Waals surface area contributed by atoms with Crippen LogP contribution >= 0.6 is 11.3 Å². The van der Waals surface area contributed by atoms with Crippen molar-refractivity contribution < 1.29 is 8.42 Å². The van der Waals surface area contributed by atoms with E-state index in [1.54, 1.807) is 6.20 Å². The average Bonchev–Trinajstić information content (AvgIpc) is 2.61. The summed E-state index contributed by atoms with van der Waals surface area (Å²) in [6, 6.07) is 1.91. The molecule has 0 bridgehead atoms. The molecular weight excluding hydrogens is 244 g/mol. The molecule has 0 aliphatic carbocycles. The van der Waals surface area contributed by atoms with Crippen molar-refractivity contribution in [1.82, 2.24) is 9.97 Å². The van der Waals surface area contributed by atoms with Gasteiger partial charge in [0.25, 0.3) is 0 Å². The van der Waals surface area contributed by atoms with E-state index >= 15 is 0 Å². The van der Waals surface area contributed by atoms with Gasteiger partial charge in [0.15, 0.2) is 5.65 Å². The Morgan fingerprint density at radius 1 is 1.44 bits per heavy atom. The molecule has 0 atom stereocenters. The van der Waals surface area contributed by atoms with Gasteiger partial charge in [0.1, 0.15) is 0 Å². The van der Waals surface area contributed by atoms with Crippen molar-refractivity contribution >= 4 is 31.5 Å². The fourth-order valence-corrected chi connectivity index (χ4v) is 4.11. The zero-order chi connectivity index (χ0) is 11.8. The van der Waals surface area contributed by atoms with Crippen molar-refractivity contribution in [2.24, 2.45) is 0 Å². The van der Waals surface area contributed by atoms with Crippen molar-refractivity contribution in [2.75, 3.05) is 5.75 Å². The molecule has 0 saturated heterocycles. The lowest BCUT2D eigenvalue weighted by atomic mass is 10.3. The van der Waals surface area contributed by atoms with E-state index in [0.29, 0.717) is 12.1 Å². The number of pyridine rings is 1. The van der Waals surface area contributed by atoms with Crippen LogP contribution in [0.5, 0.6) is 0 Å². The SMILES string of the molecule is CCCS(=O)(=O)c1nc2ncc(C)cc2s1. The van der Waals surface area contributed by atoms with Gasteiger partial charge < -0.3 is 0 Å². The fraction of sp³-hybridized carbons (Fsp3) is 0.400. The zero-order valence-corrected chi connectivity index (χ0v) is 10.7. The molecule has 0 saturated carbocycles. The first-order valence-corrected chi connectivity index (χ1v) is 7.46. The van der Waals surface area contributed by atoms with Gasteiger partial charge in [0.05, 0.1) is 10.5 Å². The van der Waals surface area contributed by atoms with Crippen LogP contribution < -0.4 is 0 Å². The first-order valence-electron chi connectivity index (χ1n) is 4.99. The van der Waals surface area contributed by atoms with Crippen molar-refractivity contribution in [2.45, 2.75) is 24.6 Å². The molecule has 0 radical (unpaired) electrons. The fourth-order valence-electron chi connectivity index (χ4n) is 1.39. The van der Waals surface area contributed by atoms with Gasteiger partial charge in [-0.1, -0.05) is 6.92 Å². The van der Waals surface area contributed by atoms with Crippen LogP contribution in [0, 0.1) is 6.92 Å². The minimum absolute atomic E-state index is 0.145. The van der Waals surface area contributed by atoms with Crippen molar-refractivity contribution in [3.05, 3.63) is 17.8 Å². The van der Waals surface area contributed by atoms with Gasteiger partial charge in [-0.3, -0.25) is 0 Å². The van der Waals surface area contributed by atoms with E-state index in [-0.39, 0.29) is 10.1 Å². The molecule has 6 heteroatoms. The number of fused-ring (bicyclic) bond motifs is 1. The Labute approximate surface area is 98.3 Å². The van der Waals surface area contributed by atoms with Gasteiger partial charge in [0.2, 0.25) is 14.2 Å². The molecule has 16 heavy (non-hydrogen) atoms. The third-order valence-electron chi connectivity index (χ3n) is 2.10. The highest BCUT2D eigenvalue weighted by Gasteiger charge is 2.18. The Balaban J connectivity index is 2.55. The second-order valence-electron chi connectivity index (χ2n) is 3.63. The van der Waals surface area contributed by atoms with E-state index in [9.17, 15) is 8.42 Å². The molecule has 0 N–H and O–H groups in total. The summed E-state index contributed by atoms with van der Waals surface area (Å²) in [5.74, 6) is 0.145. The van der Waals surface area contributed by atoms with Crippen LogP contribution in [0.2, 0.25) is 0 Å². The summed E-state index contributed by atoms with van der Waals surface area (Å²) in [6.45, 7) is 3.76. The van der Waals surface area contributed by atoms with Crippen LogP contribution in [0.1, 0.15) is 18.9 Å². The minimum Gasteiger partial charge on any atom is -0.236 e. The largest absolute Gasteiger partial charge is 0.236 e. The number of nitrogens with zero attached hydrogens (tertiary/aromatic N) is 2. The zero-order valence-electron chi connectivity index (χ0n) is 9.10. The monoisotopic (exact) mass is 256 g/mol. The number of hydrogen-bond donors (Lipinski definition) is 0. The molecule has 0 amide bonds. The van der Waals surface area contributed by atoms with Crippen molar-refractivity contribution in [3.8, 4) is 0 Å². The lowest BCUT2D eigenvalue weighted by Crippen LogP contribution is -2.04. The molecule has 2 heterocycles. The Bertz CT molecular complexity index is 617. The van der Waals surface area contributed by atoms with E-state index in [2.05, 4.69) is 9.97 Å². The van der Waals surface area contributed by atoms with E-state index in [0.717, 1.165) is 10.3 Å². The highest BCUT2D eigenvalue weighted by molar-refractivity contribution is 7.93. The van der Waals surface area contributed by atoms with E-state index in [4.69, 9.17) is 0 Å². The predicted molar refractivity (Wildman–Crippen MR) is 64.5 cm³/mol. The normalized spacial score (nSPS) is 12.1. The lowest BCUT2D eigenvalue weighted by Gasteiger charge is -1.94. The summed E-state index contributed by atoms with van der Waals surface area (Å²) in [5.41, 5.74) is 1.53. The molecule has 0 aliphatic heterocycles. The highest BCUT2D eigenvalue weighted by atomic mass is 32.2. The van der Waals surface area contributed by atoms with E-state index in [1.165, 1.54) is 11.3 Å². The first-order chi connectivity index (χ1) is 7.53. The van der Waals surface area contributed by atoms with Crippen molar-refractivity contribution in [3.63, 3.8) is 0 Å². The van der Waals surface area contributed by atoms with E-state index in [1.807, 2.05) is 19.9 Å². The van der Waals surface area contributed by atoms with Crippen LogP contribution in [0.25, 0.3) is 10.3 Å². The molecule has 4 nitrogen and oxygen atoms in total.